The summed E-state index contributed by atoms with van der Waals surface area (Å²) in [5.41, 5.74) is 7.29. The molecule has 3 nitrogen and oxygen atoms in total. The van der Waals surface area contributed by atoms with Gasteiger partial charge in [0.05, 0.1) is 6.54 Å². The average molecular weight is 365 g/mol. The standard InChI is InChI=1S/C13H20FN3.HI/c1-3-4-7-16-13(15)17-9-11-5-6-12(14)10(2)8-11;/h5-6,8H,3-4,7,9H2,1-2H3,(H3,15,16,17);1H. The van der Waals surface area contributed by atoms with E-state index in [1.54, 1.807) is 19.1 Å². The second-order valence-electron chi connectivity index (χ2n) is 4.07. The maximum atomic E-state index is 13.0. The van der Waals surface area contributed by atoms with Crippen LogP contribution in [0.25, 0.3) is 0 Å². The highest BCUT2D eigenvalue weighted by molar-refractivity contribution is 14.0. The number of aryl methyl sites for hydroxylation is 1. The molecule has 0 bridgehead atoms. The zero-order chi connectivity index (χ0) is 12.7. The van der Waals surface area contributed by atoms with E-state index < -0.39 is 0 Å². The van der Waals surface area contributed by atoms with Crippen molar-refractivity contribution in [2.45, 2.75) is 33.2 Å². The summed E-state index contributed by atoms with van der Waals surface area (Å²) in [6.45, 7) is 5.18. The minimum atomic E-state index is -0.188. The quantitative estimate of drug-likeness (QED) is 0.365. The van der Waals surface area contributed by atoms with Gasteiger partial charge in [-0.3, -0.25) is 0 Å². The van der Waals surface area contributed by atoms with Gasteiger partial charge in [-0.2, -0.15) is 0 Å². The van der Waals surface area contributed by atoms with Crippen LogP contribution in [0.4, 0.5) is 4.39 Å². The van der Waals surface area contributed by atoms with Crippen molar-refractivity contribution in [3.8, 4) is 0 Å². The van der Waals surface area contributed by atoms with E-state index in [0.717, 1.165) is 24.9 Å². The van der Waals surface area contributed by atoms with Gasteiger partial charge < -0.3 is 11.1 Å². The number of halogens is 2. The average Bonchev–Trinajstić information content (AvgIpc) is 2.31. The lowest BCUT2D eigenvalue weighted by atomic mass is 10.1. The molecule has 0 radical (unpaired) electrons. The van der Waals surface area contributed by atoms with Crippen LogP contribution in [0.2, 0.25) is 0 Å². The van der Waals surface area contributed by atoms with Crippen molar-refractivity contribution < 1.29 is 4.39 Å². The molecule has 0 unspecified atom stereocenters. The van der Waals surface area contributed by atoms with Crippen LogP contribution in [0.1, 0.15) is 30.9 Å². The van der Waals surface area contributed by atoms with Gasteiger partial charge >= 0.3 is 0 Å². The molecule has 0 saturated heterocycles. The molecule has 0 aliphatic carbocycles. The number of guanidine groups is 1. The SMILES string of the molecule is CCCCNC(N)=NCc1ccc(F)c(C)c1.I. The molecular formula is C13H21FIN3. The number of rotatable bonds is 5. The molecule has 1 aromatic carbocycles. The first-order valence-corrected chi connectivity index (χ1v) is 5.92. The molecule has 0 fully saturated rings. The molecule has 0 heterocycles. The number of nitrogens with one attached hydrogen (secondary N) is 1. The Morgan fingerprint density at radius 2 is 2.17 bits per heavy atom. The van der Waals surface area contributed by atoms with Crippen molar-refractivity contribution in [1.29, 1.82) is 0 Å². The fourth-order valence-corrected chi connectivity index (χ4v) is 1.43. The van der Waals surface area contributed by atoms with E-state index in [4.69, 9.17) is 5.73 Å². The monoisotopic (exact) mass is 365 g/mol. The van der Waals surface area contributed by atoms with Gasteiger partial charge in [-0.1, -0.05) is 25.5 Å². The molecule has 0 aliphatic heterocycles. The number of hydrogen-bond acceptors (Lipinski definition) is 1. The number of benzene rings is 1. The molecule has 0 aliphatic rings. The van der Waals surface area contributed by atoms with E-state index >= 15 is 0 Å². The first-order chi connectivity index (χ1) is 8.13. The molecule has 1 aromatic rings. The molecule has 3 N–H and O–H groups in total. The fourth-order valence-electron chi connectivity index (χ4n) is 1.43. The number of hydrogen-bond donors (Lipinski definition) is 2. The van der Waals surface area contributed by atoms with Crippen LogP contribution in [-0.2, 0) is 6.54 Å². The number of unbranched alkanes of at least 4 members (excludes halogenated alkanes) is 1. The lowest BCUT2D eigenvalue weighted by molar-refractivity contribution is 0.617. The molecule has 102 valence electrons. The molecule has 0 saturated carbocycles. The van der Waals surface area contributed by atoms with Crippen molar-refractivity contribution in [2.24, 2.45) is 10.7 Å². The summed E-state index contributed by atoms with van der Waals surface area (Å²) in [6.07, 6.45) is 2.20. The van der Waals surface area contributed by atoms with Crippen LogP contribution in [0.5, 0.6) is 0 Å². The highest BCUT2D eigenvalue weighted by Crippen LogP contribution is 2.09. The Labute approximate surface area is 125 Å². The van der Waals surface area contributed by atoms with E-state index in [2.05, 4.69) is 17.2 Å². The van der Waals surface area contributed by atoms with Gasteiger partial charge in [-0.15, -0.1) is 24.0 Å². The first kappa shape index (κ1) is 17.2. The summed E-state index contributed by atoms with van der Waals surface area (Å²) in [5, 5.41) is 3.03. The third-order valence-corrected chi connectivity index (χ3v) is 2.49. The third kappa shape index (κ3) is 6.18. The molecule has 0 aromatic heterocycles. The summed E-state index contributed by atoms with van der Waals surface area (Å²) in [4.78, 5) is 4.20. The van der Waals surface area contributed by atoms with E-state index in [1.165, 1.54) is 6.07 Å². The smallest absolute Gasteiger partial charge is 0.188 e. The Morgan fingerprint density at radius 3 is 2.78 bits per heavy atom. The van der Waals surface area contributed by atoms with Gasteiger partial charge in [0.2, 0.25) is 0 Å². The Balaban J connectivity index is 0.00000289. The summed E-state index contributed by atoms with van der Waals surface area (Å²) >= 11 is 0. The van der Waals surface area contributed by atoms with E-state index in [-0.39, 0.29) is 29.8 Å². The molecule has 5 heteroatoms. The zero-order valence-corrected chi connectivity index (χ0v) is 13.2. The zero-order valence-electron chi connectivity index (χ0n) is 10.9. The van der Waals surface area contributed by atoms with Crippen molar-refractivity contribution >= 4 is 29.9 Å². The maximum absolute atomic E-state index is 13.0. The van der Waals surface area contributed by atoms with Crippen LogP contribution < -0.4 is 11.1 Å². The van der Waals surface area contributed by atoms with Crippen LogP contribution in [0, 0.1) is 12.7 Å². The Kier molecular flexibility index (Phi) is 8.70. The van der Waals surface area contributed by atoms with Crippen LogP contribution >= 0.6 is 24.0 Å². The van der Waals surface area contributed by atoms with E-state index in [9.17, 15) is 4.39 Å². The number of aliphatic imine (C=N–C) groups is 1. The number of nitrogens with zero attached hydrogens (tertiary/aromatic N) is 1. The summed E-state index contributed by atoms with van der Waals surface area (Å²) < 4.78 is 13.0. The van der Waals surface area contributed by atoms with Gasteiger partial charge in [-0.05, 0) is 30.5 Å². The topological polar surface area (TPSA) is 50.4 Å². The van der Waals surface area contributed by atoms with Gasteiger partial charge in [0, 0.05) is 6.54 Å². The van der Waals surface area contributed by atoms with Crippen molar-refractivity contribution in [1.82, 2.24) is 5.32 Å². The van der Waals surface area contributed by atoms with Gasteiger partial charge in [0.1, 0.15) is 5.82 Å². The molecule has 1 rings (SSSR count). The van der Waals surface area contributed by atoms with Crippen molar-refractivity contribution in [2.75, 3.05) is 6.54 Å². The Bertz CT molecular complexity index is 394. The second-order valence-corrected chi connectivity index (χ2v) is 4.07. The minimum absolute atomic E-state index is 0. The molecule has 18 heavy (non-hydrogen) atoms. The molecule has 0 atom stereocenters. The second kappa shape index (κ2) is 9.13. The van der Waals surface area contributed by atoms with Crippen LogP contribution in [0.15, 0.2) is 23.2 Å². The highest BCUT2D eigenvalue weighted by atomic mass is 127. The van der Waals surface area contributed by atoms with E-state index in [1.807, 2.05) is 0 Å². The largest absolute Gasteiger partial charge is 0.370 e. The normalized spacial score (nSPS) is 10.9. The van der Waals surface area contributed by atoms with E-state index in [0.29, 0.717) is 18.1 Å². The Hall–Kier alpha value is -0.850. The first-order valence-electron chi connectivity index (χ1n) is 5.92. The molecule has 0 amide bonds. The lowest BCUT2D eigenvalue weighted by Crippen LogP contribution is -2.32. The predicted octanol–water partition coefficient (Wildman–Crippen LogP) is 2.96. The minimum Gasteiger partial charge on any atom is -0.370 e. The summed E-state index contributed by atoms with van der Waals surface area (Å²) in [6, 6.07) is 4.98. The van der Waals surface area contributed by atoms with Gasteiger partial charge in [-0.25, -0.2) is 9.38 Å². The summed E-state index contributed by atoms with van der Waals surface area (Å²) in [7, 11) is 0. The third-order valence-electron chi connectivity index (χ3n) is 2.49. The number of nitrogens with two attached hydrogens (primary N) is 1. The van der Waals surface area contributed by atoms with Crippen LogP contribution in [0.3, 0.4) is 0 Å². The summed E-state index contributed by atoms with van der Waals surface area (Å²) in [5.74, 6) is 0.257. The maximum Gasteiger partial charge on any atom is 0.188 e. The predicted molar refractivity (Wildman–Crippen MR) is 84.8 cm³/mol. The highest BCUT2D eigenvalue weighted by Gasteiger charge is 1.98. The van der Waals surface area contributed by atoms with Crippen LogP contribution in [-0.4, -0.2) is 12.5 Å². The van der Waals surface area contributed by atoms with Crippen molar-refractivity contribution in [3.63, 3.8) is 0 Å². The van der Waals surface area contributed by atoms with Gasteiger partial charge in [0.25, 0.3) is 0 Å². The lowest BCUT2D eigenvalue weighted by Gasteiger charge is -2.05. The van der Waals surface area contributed by atoms with Crippen molar-refractivity contribution in [3.05, 3.63) is 35.1 Å². The van der Waals surface area contributed by atoms with Gasteiger partial charge in [0.15, 0.2) is 5.96 Å². The fraction of sp³-hybridized carbons (Fsp3) is 0.462. The Morgan fingerprint density at radius 1 is 1.44 bits per heavy atom. The molecule has 0 spiro atoms. The molecular weight excluding hydrogens is 344 g/mol.